The van der Waals surface area contributed by atoms with Crippen LogP contribution in [0.15, 0.2) is 61.1 Å². The number of rotatable bonds is 4. The minimum Gasteiger partial charge on any atom is -0.307 e. The van der Waals surface area contributed by atoms with E-state index in [9.17, 15) is 9.18 Å². The molecule has 0 radical (unpaired) electrons. The lowest BCUT2D eigenvalue weighted by molar-refractivity contribution is 0.102. The van der Waals surface area contributed by atoms with Crippen LogP contribution in [-0.4, -0.2) is 15.9 Å². The highest BCUT2D eigenvalue weighted by Crippen LogP contribution is 2.13. The SMILES string of the molecule is N#Cc1cncc(C(=O)Nc2ccc(Cc3cccc(F)c3)cn2)c1. The molecule has 1 aromatic carbocycles. The molecule has 0 unspecified atom stereocenters. The van der Waals surface area contributed by atoms with Crippen LogP contribution in [-0.2, 0) is 6.42 Å². The topological polar surface area (TPSA) is 78.7 Å². The van der Waals surface area contributed by atoms with Crippen molar-refractivity contribution in [2.24, 2.45) is 0 Å². The van der Waals surface area contributed by atoms with E-state index in [4.69, 9.17) is 5.26 Å². The summed E-state index contributed by atoms with van der Waals surface area (Å²) in [6, 6.07) is 13.3. The molecule has 0 spiro atoms. The maximum absolute atomic E-state index is 13.2. The number of carbonyl (C=O) groups excluding carboxylic acids is 1. The Kier molecular flexibility index (Phi) is 4.77. The zero-order valence-electron chi connectivity index (χ0n) is 13.1. The van der Waals surface area contributed by atoms with E-state index in [1.165, 1.54) is 30.6 Å². The summed E-state index contributed by atoms with van der Waals surface area (Å²) in [5.74, 6) is -0.284. The Bertz CT molecular complexity index is 948. The van der Waals surface area contributed by atoms with Crippen molar-refractivity contribution < 1.29 is 9.18 Å². The number of nitrogens with one attached hydrogen (secondary N) is 1. The molecule has 25 heavy (non-hydrogen) atoms. The summed E-state index contributed by atoms with van der Waals surface area (Å²) in [7, 11) is 0. The van der Waals surface area contributed by atoms with Crippen molar-refractivity contribution in [2.45, 2.75) is 6.42 Å². The normalized spacial score (nSPS) is 10.1. The van der Waals surface area contributed by atoms with Crippen LogP contribution in [0.25, 0.3) is 0 Å². The summed E-state index contributed by atoms with van der Waals surface area (Å²) in [6.45, 7) is 0. The molecule has 6 heteroatoms. The predicted molar refractivity (Wildman–Crippen MR) is 90.3 cm³/mol. The van der Waals surface area contributed by atoms with Gasteiger partial charge < -0.3 is 5.32 Å². The Hall–Kier alpha value is -3.59. The van der Waals surface area contributed by atoms with Crippen molar-refractivity contribution in [3.8, 4) is 6.07 Å². The first-order valence-corrected chi connectivity index (χ1v) is 7.50. The molecule has 0 saturated carbocycles. The van der Waals surface area contributed by atoms with Crippen LogP contribution >= 0.6 is 0 Å². The van der Waals surface area contributed by atoms with Crippen molar-refractivity contribution in [2.75, 3.05) is 5.32 Å². The smallest absolute Gasteiger partial charge is 0.258 e. The first-order valence-electron chi connectivity index (χ1n) is 7.50. The van der Waals surface area contributed by atoms with Crippen molar-refractivity contribution >= 4 is 11.7 Å². The standard InChI is InChI=1S/C19H13FN4O/c20-17-3-1-2-13(8-17)6-14-4-5-18(23-11-14)24-19(25)16-7-15(9-21)10-22-12-16/h1-5,7-8,10-12H,6H2,(H,23,24,25). The Balaban J connectivity index is 1.68. The minimum atomic E-state index is -0.394. The highest BCUT2D eigenvalue weighted by molar-refractivity contribution is 6.03. The third-order valence-corrected chi connectivity index (χ3v) is 3.49. The second-order valence-corrected chi connectivity index (χ2v) is 5.39. The first kappa shape index (κ1) is 16.3. The largest absolute Gasteiger partial charge is 0.307 e. The molecular weight excluding hydrogens is 319 g/mol. The molecule has 0 saturated heterocycles. The van der Waals surface area contributed by atoms with E-state index in [0.717, 1.165) is 11.1 Å². The van der Waals surface area contributed by atoms with Crippen LogP contribution in [0.5, 0.6) is 0 Å². The van der Waals surface area contributed by atoms with Gasteiger partial charge in [-0.3, -0.25) is 9.78 Å². The Morgan fingerprint density at radius 2 is 2.00 bits per heavy atom. The maximum atomic E-state index is 13.2. The summed E-state index contributed by atoms with van der Waals surface area (Å²) in [5, 5.41) is 11.5. The summed E-state index contributed by atoms with van der Waals surface area (Å²) in [5.41, 5.74) is 2.34. The van der Waals surface area contributed by atoms with E-state index in [1.807, 2.05) is 18.2 Å². The van der Waals surface area contributed by atoms with Crippen molar-refractivity contribution in [3.63, 3.8) is 0 Å². The van der Waals surface area contributed by atoms with Crippen LogP contribution in [0.4, 0.5) is 10.2 Å². The van der Waals surface area contributed by atoms with Gasteiger partial charge in [0.05, 0.1) is 11.1 Å². The lowest BCUT2D eigenvalue weighted by atomic mass is 10.1. The second kappa shape index (κ2) is 7.32. The highest BCUT2D eigenvalue weighted by atomic mass is 19.1. The number of amides is 1. The predicted octanol–water partition coefficient (Wildman–Crippen LogP) is 3.33. The molecule has 2 aromatic heterocycles. The fourth-order valence-electron chi connectivity index (χ4n) is 2.30. The van der Waals surface area contributed by atoms with Gasteiger partial charge in [0.15, 0.2) is 0 Å². The lowest BCUT2D eigenvalue weighted by Gasteiger charge is -2.06. The Labute approximate surface area is 143 Å². The van der Waals surface area contributed by atoms with Crippen LogP contribution in [0, 0.1) is 17.1 Å². The maximum Gasteiger partial charge on any atom is 0.258 e. The molecule has 5 nitrogen and oxygen atoms in total. The van der Waals surface area contributed by atoms with Gasteiger partial charge in [-0.05, 0) is 41.8 Å². The number of nitriles is 1. The van der Waals surface area contributed by atoms with Crippen molar-refractivity contribution in [3.05, 3.63) is 89.1 Å². The number of halogens is 1. The average molecular weight is 332 g/mol. The van der Waals surface area contributed by atoms with Crippen LogP contribution in [0.2, 0.25) is 0 Å². The first-order chi connectivity index (χ1) is 12.1. The molecule has 0 fully saturated rings. The molecule has 122 valence electrons. The van der Waals surface area contributed by atoms with Crippen LogP contribution < -0.4 is 5.32 Å². The van der Waals surface area contributed by atoms with Crippen molar-refractivity contribution in [1.29, 1.82) is 5.26 Å². The Morgan fingerprint density at radius 1 is 1.12 bits per heavy atom. The van der Waals surface area contributed by atoms with E-state index in [1.54, 1.807) is 18.3 Å². The van der Waals surface area contributed by atoms with Crippen molar-refractivity contribution in [1.82, 2.24) is 9.97 Å². The van der Waals surface area contributed by atoms with Gasteiger partial charge in [0.2, 0.25) is 0 Å². The molecule has 0 bridgehead atoms. The fraction of sp³-hybridized carbons (Fsp3) is 0.0526. The molecular formula is C19H13FN4O. The van der Waals surface area contributed by atoms with E-state index in [-0.39, 0.29) is 11.4 Å². The molecule has 1 amide bonds. The number of pyridine rings is 2. The lowest BCUT2D eigenvalue weighted by Crippen LogP contribution is -2.13. The molecule has 2 heterocycles. The summed E-state index contributed by atoms with van der Waals surface area (Å²) >= 11 is 0. The summed E-state index contributed by atoms with van der Waals surface area (Å²) < 4.78 is 13.2. The molecule has 0 aliphatic rings. The second-order valence-electron chi connectivity index (χ2n) is 5.39. The van der Waals surface area contributed by atoms with Crippen LogP contribution in [0.3, 0.4) is 0 Å². The zero-order valence-corrected chi connectivity index (χ0v) is 13.1. The monoisotopic (exact) mass is 332 g/mol. The molecule has 3 aromatic rings. The fourth-order valence-corrected chi connectivity index (χ4v) is 2.30. The van der Waals surface area contributed by atoms with Gasteiger partial charge in [0.1, 0.15) is 17.7 Å². The number of hydrogen-bond acceptors (Lipinski definition) is 4. The minimum absolute atomic E-state index is 0.275. The summed E-state index contributed by atoms with van der Waals surface area (Å²) in [6.07, 6.45) is 4.95. The van der Waals surface area contributed by atoms with Gasteiger partial charge in [-0.15, -0.1) is 0 Å². The Morgan fingerprint density at radius 3 is 2.72 bits per heavy atom. The molecule has 0 atom stereocenters. The third kappa shape index (κ3) is 4.24. The number of benzene rings is 1. The molecule has 0 aliphatic carbocycles. The van der Waals surface area contributed by atoms with Gasteiger partial charge >= 0.3 is 0 Å². The van der Waals surface area contributed by atoms with E-state index in [0.29, 0.717) is 17.8 Å². The summed E-state index contributed by atoms with van der Waals surface area (Å²) in [4.78, 5) is 20.2. The van der Waals surface area contributed by atoms with Gasteiger partial charge in [0, 0.05) is 18.6 Å². The quantitative estimate of drug-likeness (QED) is 0.795. The number of aromatic nitrogens is 2. The van der Waals surface area contributed by atoms with Crippen LogP contribution in [0.1, 0.15) is 27.0 Å². The molecule has 3 rings (SSSR count). The van der Waals surface area contributed by atoms with Gasteiger partial charge in [-0.2, -0.15) is 5.26 Å². The van der Waals surface area contributed by atoms with Gasteiger partial charge in [-0.25, -0.2) is 9.37 Å². The third-order valence-electron chi connectivity index (χ3n) is 3.49. The van der Waals surface area contributed by atoms with E-state index >= 15 is 0 Å². The number of nitrogens with zero attached hydrogens (tertiary/aromatic N) is 3. The van der Waals surface area contributed by atoms with Gasteiger partial charge in [0.25, 0.3) is 5.91 Å². The average Bonchev–Trinajstić information content (AvgIpc) is 2.63. The molecule has 0 aliphatic heterocycles. The van der Waals surface area contributed by atoms with E-state index < -0.39 is 5.91 Å². The highest BCUT2D eigenvalue weighted by Gasteiger charge is 2.08. The number of carbonyl (C=O) groups is 1. The number of hydrogen-bond donors (Lipinski definition) is 1. The molecule has 1 N–H and O–H groups in total. The van der Waals surface area contributed by atoms with E-state index in [2.05, 4.69) is 15.3 Å². The number of anilines is 1. The van der Waals surface area contributed by atoms with Gasteiger partial charge in [-0.1, -0.05) is 18.2 Å². The zero-order chi connectivity index (χ0) is 17.6.